The number of anilines is 1. The smallest absolute Gasteiger partial charge is 0.310 e. The molecule has 20 heavy (non-hydrogen) atoms. The lowest BCUT2D eigenvalue weighted by Gasteiger charge is -2.23. The van der Waals surface area contributed by atoms with Crippen LogP contribution in [0.25, 0.3) is 0 Å². The maximum absolute atomic E-state index is 12.6. The molecule has 3 fully saturated rings. The highest BCUT2D eigenvalue weighted by atomic mass is 16.6. The second kappa shape index (κ2) is 4.08. The van der Waals surface area contributed by atoms with Crippen LogP contribution in [0.15, 0.2) is 24.3 Å². The lowest BCUT2D eigenvalue weighted by atomic mass is 9.79. The molecule has 0 aromatic heterocycles. The van der Waals surface area contributed by atoms with E-state index in [1.807, 2.05) is 31.2 Å². The minimum Gasteiger partial charge on any atom is -0.462 e. The number of esters is 1. The fourth-order valence-electron chi connectivity index (χ4n) is 4.29. The van der Waals surface area contributed by atoms with E-state index in [0.717, 1.165) is 24.1 Å². The van der Waals surface area contributed by atoms with Gasteiger partial charge in [0.25, 0.3) is 0 Å². The molecule has 2 saturated carbocycles. The molecule has 1 N–H and O–H groups in total. The van der Waals surface area contributed by atoms with Crippen LogP contribution in [-0.2, 0) is 14.3 Å². The van der Waals surface area contributed by atoms with Gasteiger partial charge in [-0.25, -0.2) is 0 Å². The molecule has 3 aliphatic rings. The molecule has 1 heterocycles. The predicted octanol–water partition coefficient (Wildman–Crippen LogP) is 2.13. The maximum Gasteiger partial charge on any atom is 0.310 e. The van der Waals surface area contributed by atoms with E-state index in [-0.39, 0.29) is 35.7 Å². The Morgan fingerprint density at radius 2 is 2.10 bits per heavy atom. The zero-order valence-corrected chi connectivity index (χ0v) is 11.3. The molecule has 4 heteroatoms. The van der Waals surface area contributed by atoms with E-state index in [0.29, 0.717) is 5.92 Å². The van der Waals surface area contributed by atoms with Gasteiger partial charge in [0.2, 0.25) is 5.91 Å². The molecule has 2 aliphatic carbocycles. The molecule has 1 aliphatic heterocycles. The number of carbonyl (C=O) groups excluding carboxylic acids is 2. The van der Waals surface area contributed by atoms with Gasteiger partial charge in [0.15, 0.2) is 0 Å². The van der Waals surface area contributed by atoms with Crippen LogP contribution in [-0.4, -0.2) is 18.0 Å². The zero-order valence-electron chi connectivity index (χ0n) is 11.3. The summed E-state index contributed by atoms with van der Waals surface area (Å²) in [5.41, 5.74) is 1.87. The molecule has 4 rings (SSSR count). The van der Waals surface area contributed by atoms with Gasteiger partial charge in [-0.2, -0.15) is 0 Å². The van der Waals surface area contributed by atoms with Crippen LogP contribution < -0.4 is 5.32 Å². The third-order valence-electron chi connectivity index (χ3n) is 5.19. The van der Waals surface area contributed by atoms with Crippen LogP contribution in [0.5, 0.6) is 0 Å². The molecule has 104 valence electrons. The van der Waals surface area contributed by atoms with Gasteiger partial charge in [0.05, 0.1) is 11.8 Å². The molecule has 4 nitrogen and oxygen atoms in total. The zero-order chi connectivity index (χ0) is 13.9. The number of para-hydroxylation sites is 1. The summed E-state index contributed by atoms with van der Waals surface area (Å²) in [6.45, 7) is 1.97. The number of amides is 1. The van der Waals surface area contributed by atoms with Crippen molar-refractivity contribution in [1.82, 2.24) is 0 Å². The lowest BCUT2D eigenvalue weighted by Crippen LogP contribution is -2.36. The number of nitrogens with one attached hydrogen (secondary N) is 1. The highest BCUT2D eigenvalue weighted by Gasteiger charge is 2.63. The fourth-order valence-corrected chi connectivity index (χ4v) is 4.29. The molecule has 0 radical (unpaired) electrons. The van der Waals surface area contributed by atoms with Crippen molar-refractivity contribution in [3.05, 3.63) is 29.8 Å². The molecule has 5 atom stereocenters. The Bertz CT molecular complexity index is 595. The molecular formula is C16H17NO3. The van der Waals surface area contributed by atoms with Crippen LogP contribution in [0.3, 0.4) is 0 Å². The molecule has 0 spiro atoms. The van der Waals surface area contributed by atoms with Crippen molar-refractivity contribution in [3.63, 3.8) is 0 Å². The predicted molar refractivity (Wildman–Crippen MR) is 72.9 cm³/mol. The summed E-state index contributed by atoms with van der Waals surface area (Å²) in [4.78, 5) is 24.5. The number of carbonyl (C=O) groups is 2. The number of ether oxygens (including phenoxy) is 1. The van der Waals surface area contributed by atoms with Crippen LogP contribution in [0, 0.1) is 30.6 Å². The molecular weight excluding hydrogens is 254 g/mol. The van der Waals surface area contributed by atoms with Gasteiger partial charge in [0.1, 0.15) is 6.10 Å². The summed E-state index contributed by atoms with van der Waals surface area (Å²) >= 11 is 0. The molecule has 1 aromatic rings. The highest BCUT2D eigenvalue weighted by molar-refractivity contribution is 5.97. The van der Waals surface area contributed by atoms with E-state index < -0.39 is 0 Å². The minimum atomic E-state index is -0.206. The number of aryl methyl sites for hydroxylation is 1. The van der Waals surface area contributed by atoms with Crippen molar-refractivity contribution in [3.8, 4) is 0 Å². The van der Waals surface area contributed by atoms with E-state index in [1.54, 1.807) is 0 Å². The van der Waals surface area contributed by atoms with Crippen molar-refractivity contribution in [1.29, 1.82) is 0 Å². The minimum absolute atomic E-state index is 0.0194. The topological polar surface area (TPSA) is 55.4 Å². The average molecular weight is 271 g/mol. The number of benzene rings is 1. The standard InChI is InChI=1S/C16H17NO3/c1-8-4-2-3-5-11(8)17-15(18)13-9-6-10-12(7-9)20-16(19)14(10)13/h2-5,9-10,12-14H,6-7H2,1H3,(H,17,18)/t9-,10+,12+,13-,14-/m1/s1. The quantitative estimate of drug-likeness (QED) is 0.838. The number of rotatable bonds is 2. The third kappa shape index (κ3) is 1.54. The van der Waals surface area contributed by atoms with Gasteiger partial charge >= 0.3 is 5.97 Å². The van der Waals surface area contributed by atoms with Gasteiger partial charge in [-0.1, -0.05) is 18.2 Å². The summed E-state index contributed by atoms with van der Waals surface area (Å²) in [5, 5.41) is 2.99. The first kappa shape index (κ1) is 11.9. The van der Waals surface area contributed by atoms with Crippen molar-refractivity contribution >= 4 is 17.6 Å². The van der Waals surface area contributed by atoms with Crippen LogP contribution >= 0.6 is 0 Å². The van der Waals surface area contributed by atoms with Crippen LogP contribution in [0.4, 0.5) is 5.69 Å². The Kier molecular flexibility index (Phi) is 2.43. The first-order chi connectivity index (χ1) is 9.65. The van der Waals surface area contributed by atoms with Crippen LogP contribution in [0.2, 0.25) is 0 Å². The van der Waals surface area contributed by atoms with Crippen LogP contribution in [0.1, 0.15) is 18.4 Å². The molecule has 1 saturated heterocycles. The SMILES string of the molecule is Cc1ccccc1NC(=O)[C@@H]1[C@@H]2C[C@@H]3[C@H]1C(=O)O[C@H]3C2. The highest BCUT2D eigenvalue weighted by Crippen LogP contribution is 2.57. The average Bonchev–Trinajstić information content (AvgIpc) is 3.02. The summed E-state index contributed by atoms with van der Waals surface area (Å²) in [6.07, 6.45) is 1.91. The summed E-state index contributed by atoms with van der Waals surface area (Å²) in [7, 11) is 0. The Labute approximate surface area is 117 Å². The fraction of sp³-hybridized carbons (Fsp3) is 0.500. The summed E-state index contributed by atoms with van der Waals surface area (Å²) < 4.78 is 5.37. The van der Waals surface area contributed by atoms with Gasteiger partial charge < -0.3 is 10.1 Å². The monoisotopic (exact) mass is 271 g/mol. The normalized spacial score (nSPS) is 37.0. The van der Waals surface area contributed by atoms with E-state index in [1.165, 1.54) is 0 Å². The molecule has 2 bridgehead atoms. The lowest BCUT2D eigenvalue weighted by molar-refractivity contribution is -0.145. The Balaban J connectivity index is 1.58. The van der Waals surface area contributed by atoms with Gasteiger partial charge in [-0.15, -0.1) is 0 Å². The summed E-state index contributed by atoms with van der Waals surface area (Å²) in [6, 6.07) is 7.72. The van der Waals surface area contributed by atoms with Gasteiger partial charge in [-0.05, 0) is 37.3 Å². The number of hydrogen-bond donors (Lipinski definition) is 1. The van der Waals surface area contributed by atoms with Crippen molar-refractivity contribution in [2.45, 2.75) is 25.9 Å². The largest absolute Gasteiger partial charge is 0.462 e. The van der Waals surface area contributed by atoms with E-state index >= 15 is 0 Å². The van der Waals surface area contributed by atoms with Crippen molar-refractivity contribution < 1.29 is 14.3 Å². The molecule has 1 aromatic carbocycles. The first-order valence-electron chi connectivity index (χ1n) is 7.22. The van der Waals surface area contributed by atoms with Crippen molar-refractivity contribution in [2.75, 3.05) is 5.32 Å². The number of hydrogen-bond acceptors (Lipinski definition) is 3. The summed E-state index contributed by atoms with van der Waals surface area (Å²) in [5.74, 6) is -0.00162. The molecule has 0 unspecified atom stereocenters. The Morgan fingerprint density at radius 3 is 2.90 bits per heavy atom. The first-order valence-corrected chi connectivity index (χ1v) is 7.22. The van der Waals surface area contributed by atoms with E-state index in [9.17, 15) is 9.59 Å². The van der Waals surface area contributed by atoms with E-state index in [2.05, 4.69) is 5.32 Å². The van der Waals surface area contributed by atoms with Gasteiger partial charge in [-0.3, -0.25) is 9.59 Å². The molecule has 1 amide bonds. The Hall–Kier alpha value is -1.84. The third-order valence-corrected chi connectivity index (χ3v) is 5.19. The second-order valence-electron chi connectivity index (χ2n) is 6.23. The number of fused-ring (bicyclic) bond motifs is 1. The Morgan fingerprint density at radius 1 is 1.30 bits per heavy atom. The van der Waals surface area contributed by atoms with Crippen molar-refractivity contribution in [2.24, 2.45) is 23.7 Å². The second-order valence-corrected chi connectivity index (χ2v) is 6.23. The van der Waals surface area contributed by atoms with E-state index in [4.69, 9.17) is 4.74 Å². The maximum atomic E-state index is 12.6. The van der Waals surface area contributed by atoms with Gasteiger partial charge in [0, 0.05) is 11.6 Å².